The first-order chi connectivity index (χ1) is 13.7. The van der Waals surface area contributed by atoms with Crippen molar-refractivity contribution in [3.05, 3.63) is 53.3 Å². The molecule has 28 heavy (non-hydrogen) atoms. The summed E-state index contributed by atoms with van der Waals surface area (Å²) in [5.41, 5.74) is 2.88. The molecule has 2 atom stereocenters. The summed E-state index contributed by atoms with van der Waals surface area (Å²) in [4.78, 5) is 17.1. The van der Waals surface area contributed by atoms with Crippen LogP contribution in [0.15, 0.2) is 36.5 Å². The molecule has 1 aromatic heterocycles. The van der Waals surface area contributed by atoms with Gasteiger partial charge in [-0.25, -0.2) is 0 Å². The van der Waals surface area contributed by atoms with Gasteiger partial charge in [-0.2, -0.15) is 5.10 Å². The molecule has 2 aromatic rings. The molecule has 6 nitrogen and oxygen atoms in total. The van der Waals surface area contributed by atoms with Crippen LogP contribution in [0.5, 0.6) is 0 Å². The fourth-order valence-electron chi connectivity index (χ4n) is 5.65. The third kappa shape index (κ3) is 2.70. The van der Waals surface area contributed by atoms with Crippen molar-refractivity contribution in [3.8, 4) is 0 Å². The molecule has 6 heteroatoms. The highest BCUT2D eigenvalue weighted by Gasteiger charge is 2.54. The van der Waals surface area contributed by atoms with E-state index in [0.717, 1.165) is 25.9 Å². The van der Waals surface area contributed by atoms with Gasteiger partial charge in [0.05, 0.1) is 12.1 Å². The van der Waals surface area contributed by atoms with Crippen LogP contribution in [0.2, 0.25) is 0 Å². The van der Waals surface area contributed by atoms with E-state index in [4.69, 9.17) is 0 Å². The zero-order chi connectivity index (χ0) is 19.1. The molecule has 148 valence electrons. The summed E-state index contributed by atoms with van der Waals surface area (Å²) in [6.45, 7) is 3.46. The predicted octanol–water partition coefficient (Wildman–Crippen LogP) is 2.49. The maximum Gasteiger partial charge on any atom is 0.271 e. The number of hydrogen-bond acceptors (Lipinski definition) is 4. The summed E-state index contributed by atoms with van der Waals surface area (Å²) >= 11 is 0. The average molecular weight is 380 g/mol. The lowest BCUT2D eigenvalue weighted by Crippen LogP contribution is -2.51. The normalized spacial score (nSPS) is 27.1. The first-order valence-corrected chi connectivity index (χ1v) is 10.5. The van der Waals surface area contributed by atoms with Crippen molar-refractivity contribution in [2.45, 2.75) is 49.7 Å². The van der Waals surface area contributed by atoms with E-state index in [-0.39, 0.29) is 17.4 Å². The van der Waals surface area contributed by atoms with E-state index in [1.165, 1.54) is 30.4 Å². The number of fused-ring (bicyclic) bond motifs is 2. The van der Waals surface area contributed by atoms with Gasteiger partial charge in [-0.1, -0.05) is 30.7 Å². The number of nitrogens with one attached hydrogen (secondary N) is 1. The van der Waals surface area contributed by atoms with Gasteiger partial charge in [-0.05, 0) is 56.0 Å². The van der Waals surface area contributed by atoms with Gasteiger partial charge >= 0.3 is 0 Å². The van der Waals surface area contributed by atoms with Crippen LogP contribution in [0.4, 0.5) is 0 Å². The molecular weight excluding hydrogens is 352 g/mol. The van der Waals surface area contributed by atoms with Crippen molar-refractivity contribution < 1.29 is 9.90 Å². The number of aliphatic hydroxyl groups is 1. The summed E-state index contributed by atoms with van der Waals surface area (Å²) in [5, 5.41) is 18.3. The van der Waals surface area contributed by atoms with Crippen LogP contribution in [0.3, 0.4) is 0 Å². The van der Waals surface area contributed by atoms with E-state index in [1.54, 1.807) is 12.3 Å². The van der Waals surface area contributed by atoms with Crippen LogP contribution in [-0.2, 0) is 5.41 Å². The van der Waals surface area contributed by atoms with Gasteiger partial charge in [0.2, 0.25) is 0 Å². The molecule has 0 bridgehead atoms. The number of aromatic amines is 1. The molecule has 0 saturated carbocycles. The molecule has 2 N–H and O–H groups in total. The van der Waals surface area contributed by atoms with Gasteiger partial charge in [0, 0.05) is 24.7 Å². The average Bonchev–Trinajstić information content (AvgIpc) is 3.36. The van der Waals surface area contributed by atoms with E-state index in [1.807, 2.05) is 4.90 Å². The van der Waals surface area contributed by atoms with E-state index >= 15 is 0 Å². The minimum absolute atomic E-state index is 0.000650. The van der Waals surface area contributed by atoms with Crippen LogP contribution < -0.4 is 0 Å². The molecule has 2 fully saturated rings. The Morgan fingerprint density at radius 3 is 2.54 bits per heavy atom. The molecule has 1 aromatic carbocycles. The number of carbonyl (C=O) groups is 1. The molecule has 1 aliphatic carbocycles. The van der Waals surface area contributed by atoms with E-state index in [9.17, 15) is 9.90 Å². The second kappa shape index (κ2) is 7.01. The number of hydrogen-bond donors (Lipinski definition) is 2. The van der Waals surface area contributed by atoms with Crippen LogP contribution in [0, 0.1) is 0 Å². The molecule has 0 unspecified atom stereocenters. The molecule has 3 aliphatic rings. The van der Waals surface area contributed by atoms with Crippen LogP contribution >= 0.6 is 0 Å². The van der Waals surface area contributed by atoms with E-state index in [0.29, 0.717) is 18.8 Å². The summed E-state index contributed by atoms with van der Waals surface area (Å²) in [6, 6.07) is 10.4. The third-order valence-electron chi connectivity index (χ3n) is 7.14. The molecule has 1 amide bonds. The SMILES string of the molecule is O=C(c1ccn[nH]1)N1CCC2(CC1)c1ccccc1[C@@H](N1CCCCC1)[C@@H]2O. The first kappa shape index (κ1) is 17.9. The minimum atomic E-state index is -0.410. The van der Waals surface area contributed by atoms with Crippen LogP contribution in [0.25, 0.3) is 0 Å². The van der Waals surface area contributed by atoms with Crippen molar-refractivity contribution in [1.82, 2.24) is 20.0 Å². The molecule has 2 saturated heterocycles. The first-order valence-electron chi connectivity index (χ1n) is 10.5. The largest absolute Gasteiger partial charge is 0.390 e. The summed E-state index contributed by atoms with van der Waals surface area (Å²) in [6.07, 6.45) is 6.52. The minimum Gasteiger partial charge on any atom is -0.390 e. The lowest BCUT2D eigenvalue weighted by atomic mass is 9.72. The highest BCUT2D eigenvalue weighted by atomic mass is 16.3. The highest BCUT2D eigenvalue weighted by Crippen LogP contribution is 2.53. The number of amides is 1. The van der Waals surface area contributed by atoms with Crippen molar-refractivity contribution in [2.75, 3.05) is 26.2 Å². The molecule has 3 heterocycles. The van der Waals surface area contributed by atoms with Crippen LogP contribution in [-0.4, -0.2) is 63.3 Å². The van der Waals surface area contributed by atoms with Gasteiger partial charge in [-0.3, -0.25) is 14.8 Å². The van der Waals surface area contributed by atoms with E-state index in [2.05, 4.69) is 39.4 Å². The quantitative estimate of drug-likeness (QED) is 0.840. The Labute approximate surface area is 165 Å². The Hall–Kier alpha value is -2.18. The maximum absolute atomic E-state index is 12.7. The predicted molar refractivity (Wildman–Crippen MR) is 106 cm³/mol. The van der Waals surface area contributed by atoms with Gasteiger partial charge in [0.1, 0.15) is 5.69 Å². The molecular formula is C22H28N4O2. The number of aliphatic hydroxyl groups excluding tert-OH is 1. The number of H-pyrrole nitrogens is 1. The van der Waals surface area contributed by atoms with Crippen molar-refractivity contribution in [3.63, 3.8) is 0 Å². The number of piperidine rings is 2. The second-order valence-corrected chi connectivity index (χ2v) is 8.49. The Morgan fingerprint density at radius 1 is 1.07 bits per heavy atom. The summed E-state index contributed by atoms with van der Waals surface area (Å²) in [5.74, 6) is 0.000650. The van der Waals surface area contributed by atoms with Gasteiger partial charge in [0.25, 0.3) is 5.91 Å². The Kier molecular flexibility index (Phi) is 4.48. The molecule has 5 rings (SSSR count). The Morgan fingerprint density at radius 2 is 1.82 bits per heavy atom. The number of nitrogens with zero attached hydrogens (tertiary/aromatic N) is 3. The smallest absolute Gasteiger partial charge is 0.271 e. The zero-order valence-electron chi connectivity index (χ0n) is 16.2. The van der Waals surface area contributed by atoms with Gasteiger partial charge in [-0.15, -0.1) is 0 Å². The monoisotopic (exact) mass is 380 g/mol. The number of rotatable bonds is 2. The van der Waals surface area contributed by atoms with Crippen molar-refractivity contribution >= 4 is 5.91 Å². The number of aromatic nitrogens is 2. The zero-order valence-corrected chi connectivity index (χ0v) is 16.2. The molecule has 0 radical (unpaired) electrons. The molecule has 1 spiro atoms. The lowest BCUT2D eigenvalue weighted by Gasteiger charge is -2.44. The highest BCUT2D eigenvalue weighted by molar-refractivity contribution is 5.92. The number of benzene rings is 1. The molecule has 2 aliphatic heterocycles. The Bertz CT molecular complexity index is 836. The standard InChI is InChI=1S/C22H28N4O2/c27-20-19(25-12-4-1-5-13-25)16-6-2-3-7-17(16)22(20)9-14-26(15-10-22)21(28)18-8-11-23-24-18/h2-3,6-8,11,19-20,27H,1,4-5,9-10,12-15H2,(H,23,24)/t19-,20+/m1/s1. The summed E-state index contributed by atoms with van der Waals surface area (Å²) in [7, 11) is 0. The topological polar surface area (TPSA) is 72.5 Å². The fourth-order valence-corrected chi connectivity index (χ4v) is 5.65. The summed E-state index contributed by atoms with van der Waals surface area (Å²) < 4.78 is 0. The number of carbonyl (C=O) groups excluding carboxylic acids is 1. The van der Waals surface area contributed by atoms with Crippen molar-refractivity contribution in [1.29, 1.82) is 0 Å². The Balaban J connectivity index is 1.41. The van der Waals surface area contributed by atoms with Crippen LogP contribution in [0.1, 0.15) is 59.8 Å². The second-order valence-electron chi connectivity index (χ2n) is 8.49. The van der Waals surface area contributed by atoms with Gasteiger partial charge in [0.15, 0.2) is 0 Å². The van der Waals surface area contributed by atoms with E-state index < -0.39 is 6.10 Å². The van der Waals surface area contributed by atoms with Crippen molar-refractivity contribution in [2.24, 2.45) is 0 Å². The van der Waals surface area contributed by atoms with Gasteiger partial charge < -0.3 is 10.0 Å². The maximum atomic E-state index is 12.7. The third-order valence-corrected chi connectivity index (χ3v) is 7.14. The fraction of sp³-hybridized carbons (Fsp3) is 0.545. The lowest BCUT2D eigenvalue weighted by molar-refractivity contribution is -0.0185. The number of likely N-dealkylation sites (tertiary alicyclic amines) is 2.